The number of aromatic amines is 1. The highest BCUT2D eigenvalue weighted by Gasteiger charge is 2.35. The van der Waals surface area contributed by atoms with Crippen molar-refractivity contribution in [1.82, 2.24) is 15.5 Å². The lowest BCUT2D eigenvalue weighted by molar-refractivity contribution is -0.137. The molecule has 2 aromatic rings. The second kappa shape index (κ2) is 7.48. The Hall–Kier alpha value is -2.36. The molecule has 0 aliphatic carbocycles. The van der Waals surface area contributed by atoms with Crippen LogP contribution in [-0.4, -0.2) is 36.0 Å². The number of halogens is 4. The van der Waals surface area contributed by atoms with Crippen LogP contribution in [0.2, 0.25) is 0 Å². The first-order chi connectivity index (χ1) is 12.4. The summed E-state index contributed by atoms with van der Waals surface area (Å²) in [6.45, 7) is 0.616. The molecule has 1 aliphatic heterocycles. The van der Waals surface area contributed by atoms with E-state index in [9.17, 15) is 22.4 Å². The van der Waals surface area contributed by atoms with Gasteiger partial charge in [-0.2, -0.15) is 13.2 Å². The number of hydrogen-bond acceptors (Lipinski definition) is 5. The van der Waals surface area contributed by atoms with E-state index in [2.05, 4.69) is 20.8 Å². The quantitative estimate of drug-likeness (QED) is 0.701. The molecule has 1 aromatic heterocycles. The standard InChI is InChI=1S/C16H18F4N4O2/c17-8-13(9-3-5-21-6-4-9)22-12-7-10(14-23-24-15(25)26-14)1-2-11(12)16(18,19)20/h1-2,7,9,13,21-22H,3-6,8H2,(H,24,25)/t13-/m0/s1. The predicted octanol–water partition coefficient (Wildman–Crippen LogP) is 2.80. The average molecular weight is 374 g/mol. The van der Waals surface area contributed by atoms with Crippen molar-refractivity contribution in [2.45, 2.75) is 25.1 Å². The second-order valence-corrected chi connectivity index (χ2v) is 6.17. The molecule has 2 heterocycles. The molecule has 3 rings (SSSR count). The van der Waals surface area contributed by atoms with Crippen LogP contribution in [0.25, 0.3) is 11.5 Å². The minimum Gasteiger partial charge on any atom is -0.388 e. The molecule has 6 nitrogen and oxygen atoms in total. The van der Waals surface area contributed by atoms with E-state index in [1.807, 2.05) is 0 Å². The molecule has 1 saturated heterocycles. The van der Waals surface area contributed by atoms with Gasteiger partial charge >= 0.3 is 11.9 Å². The van der Waals surface area contributed by atoms with Gasteiger partial charge in [-0.05, 0) is 50.0 Å². The number of rotatable bonds is 5. The third-order valence-electron chi connectivity index (χ3n) is 4.47. The summed E-state index contributed by atoms with van der Waals surface area (Å²) in [6, 6.07) is 2.46. The van der Waals surface area contributed by atoms with Crippen molar-refractivity contribution in [2.24, 2.45) is 5.92 Å². The van der Waals surface area contributed by atoms with Crippen LogP contribution in [0.3, 0.4) is 0 Å². The maximum absolute atomic E-state index is 13.5. The SMILES string of the molecule is O=c1[nH]nc(-c2ccc(C(F)(F)F)c(N[C@@H](CF)C3CCNCC3)c2)o1. The lowest BCUT2D eigenvalue weighted by atomic mass is 9.90. The van der Waals surface area contributed by atoms with Crippen LogP contribution in [0, 0.1) is 5.92 Å². The first kappa shape index (κ1) is 18.4. The lowest BCUT2D eigenvalue weighted by Crippen LogP contribution is -2.39. The van der Waals surface area contributed by atoms with Gasteiger partial charge in [0, 0.05) is 11.3 Å². The zero-order chi connectivity index (χ0) is 18.7. The van der Waals surface area contributed by atoms with Crippen LogP contribution < -0.4 is 16.4 Å². The summed E-state index contributed by atoms with van der Waals surface area (Å²) in [4.78, 5) is 11.1. The number of aromatic nitrogens is 2. The van der Waals surface area contributed by atoms with Crippen molar-refractivity contribution >= 4 is 5.69 Å². The van der Waals surface area contributed by atoms with E-state index in [1.54, 1.807) is 0 Å². The number of benzene rings is 1. The van der Waals surface area contributed by atoms with Crippen LogP contribution in [0.5, 0.6) is 0 Å². The normalized spacial score (nSPS) is 17.2. The van der Waals surface area contributed by atoms with Crippen molar-refractivity contribution in [3.05, 3.63) is 34.3 Å². The molecule has 26 heavy (non-hydrogen) atoms. The molecule has 1 atom stereocenters. The van der Waals surface area contributed by atoms with Crippen LogP contribution in [0.1, 0.15) is 18.4 Å². The van der Waals surface area contributed by atoms with E-state index in [-0.39, 0.29) is 23.1 Å². The molecular weight excluding hydrogens is 356 g/mol. The van der Waals surface area contributed by atoms with Gasteiger partial charge in [-0.1, -0.05) is 0 Å². The van der Waals surface area contributed by atoms with E-state index < -0.39 is 30.2 Å². The number of H-pyrrole nitrogens is 1. The first-order valence-corrected chi connectivity index (χ1v) is 8.19. The van der Waals surface area contributed by atoms with Gasteiger partial charge in [-0.3, -0.25) is 0 Å². The number of piperidine rings is 1. The number of alkyl halides is 4. The molecule has 0 amide bonds. The highest BCUT2D eigenvalue weighted by molar-refractivity contribution is 5.65. The average Bonchev–Trinajstić information content (AvgIpc) is 3.06. The third kappa shape index (κ3) is 4.06. The minimum absolute atomic E-state index is 0.0747. The van der Waals surface area contributed by atoms with Crippen molar-refractivity contribution in [3.63, 3.8) is 0 Å². The number of nitrogens with one attached hydrogen (secondary N) is 3. The van der Waals surface area contributed by atoms with Gasteiger partial charge in [0.15, 0.2) is 0 Å². The summed E-state index contributed by atoms with van der Waals surface area (Å²) in [5.74, 6) is -1.02. The van der Waals surface area contributed by atoms with E-state index >= 15 is 0 Å². The highest BCUT2D eigenvalue weighted by atomic mass is 19.4. The molecule has 142 valence electrons. The van der Waals surface area contributed by atoms with Crippen LogP contribution in [0.4, 0.5) is 23.2 Å². The van der Waals surface area contributed by atoms with Crippen LogP contribution in [0.15, 0.2) is 27.4 Å². The Morgan fingerprint density at radius 1 is 1.31 bits per heavy atom. The van der Waals surface area contributed by atoms with Crippen molar-refractivity contribution < 1.29 is 22.0 Å². The van der Waals surface area contributed by atoms with Gasteiger partial charge in [-0.25, -0.2) is 14.3 Å². The molecule has 1 aromatic carbocycles. The van der Waals surface area contributed by atoms with Gasteiger partial charge in [0.25, 0.3) is 0 Å². The van der Waals surface area contributed by atoms with Crippen molar-refractivity contribution in [1.29, 1.82) is 0 Å². The summed E-state index contributed by atoms with van der Waals surface area (Å²) < 4.78 is 58.4. The fourth-order valence-corrected chi connectivity index (χ4v) is 3.13. The van der Waals surface area contributed by atoms with E-state index in [0.717, 1.165) is 12.1 Å². The van der Waals surface area contributed by atoms with E-state index in [4.69, 9.17) is 4.42 Å². The maximum Gasteiger partial charge on any atom is 0.434 e. The van der Waals surface area contributed by atoms with E-state index in [0.29, 0.717) is 25.9 Å². The van der Waals surface area contributed by atoms with Crippen LogP contribution >= 0.6 is 0 Å². The Kier molecular flexibility index (Phi) is 5.30. The van der Waals surface area contributed by atoms with Crippen LogP contribution in [-0.2, 0) is 6.18 Å². The maximum atomic E-state index is 13.5. The largest absolute Gasteiger partial charge is 0.434 e. The molecule has 0 saturated carbocycles. The smallest absolute Gasteiger partial charge is 0.388 e. The van der Waals surface area contributed by atoms with Crippen molar-refractivity contribution in [3.8, 4) is 11.5 Å². The monoisotopic (exact) mass is 374 g/mol. The number of hydrogen-bond donors (Lipinski definition) is 3. The molecular formula is C16H18F4N4O2. The number of nitrogens with zero attached hydrogens (tertiary/aromatic N) is 1. The van der Waals surface area contributed by atoms with Gasteiger partial charge in [0.05, 0.1) is 11.6 Å². The van der Waals surface area contributed by atoms with Gasteiger partial charge in [0.2, 0.25) is 5.89 Å². The third-order valence-corrected chi connectivity index (χ3v) is 4.47. The Balaban J connectivity index is 1.94. The summed E-state index contributed by atoms with van der Waals surface area (Å²) in [5, 5.41) is 11.5. The summed E-state index contributed by atoms with van der Waals surface area (Å²) in [5.41, 5.74) is -0.991. The molecule has 1 aliphatic rings. The zero-order valence-corrected chi connectivity index (χ0v) is 13.7. The summed E-state index contributed by atoms with van der Waals surface area (Å²) in [6.07, 6.45) is -3.25. The van der Waals surface area contributed by atoms with Gasteiger partial charge in [-0.15, -0.1) is 5.10 Å². The Morgan fingerprint density at radius 2 is 2.04 bits per heavy atom. The van der Waals surface area contributed by atoms with Crippen molar-refractivity contribution in [2.75, 3.05) is 25.1 Å². The van der Waals surface area contributed by atoms with Gasteiger partial charge < -0.3 is 15.1 Å². The summed E-state index contributed by atoms with van der Waals surface area (Å²) >= 11 is 0. The Labute approximate surface area is 146 Å². The molecule has 0 radical (unpaired) electrons. The molecule has 3 N–H and O–H groups in total. The molecule has 1 fully saturated rings. The lowest BCUT2D eigenvalue weighted by Gasteiger charge is -2.31. The molecule has 0 unspecified atom stereocenters. The highest BCUT2D eigenvalue weighted by Crippen LogP contribution is 2.37. The second-order valence-electron chi connectivity index (χ2n) is 6.17. The minimum atomic E-state index is -4.61. The Bertz CT molecular complexity index is 796. The zero-order valence-electron chi connectivity index (χ0n) is 13.7. The molecule has 10 heteroatoms. The molecule has 0 spiro atoms. The molecule has 0 bridgehead atoms. The van der Waals surface area contributed by atoms with E-state index in [1.165, 1.54) is 6.07 Å². The topological polar surface area (TPSA) is 83.0 Å². The first-order valence-electron chi connectivity index (χ1n) is 8.19. The fourth-order valence-electron chi connectivity index (χ4n) is 3.13. The number of anilines is 1. The fraction of sp³-hybridized carbons (Fsp3) is 0.500. The predicted molar refractivity (Wildman–Crippen MR) is 86.5 cm³/mol. The van der Waals surface area contributed by atoms with Gasteiger partial charge in [0.1, 0.15) is 6.67 Å². The Morgan fingerprint density at radius 3 is 2.62 bits per heavy atom. The summed E-state index contributed by atoms with van der Waals surface area (Å²) in [7, 11) is 0.